The highest BCUT2D eigenvalue weighted by Crippen LogP contribution is 2.28. The molecule has 1 amide bonds. The van der Waals surface area contributed by atoms with Crippen molar-refractivity contribution in [3.05, 3.63) is 72.3 Å². The number of nitrogens with zero attached hydrogens (tertiary/aromatic N) is 5. The van der Waals surface area contributed by atoms with Crippen LogP contribution >= 0.6 is 11.8 Å². The van der Waals surface area contributed by atoms with Crippen molar-refractivity contribution >= 4 is 34.1 Å². The molecule has 0 atom stereocenters. The Morgan fingerprint density at radius 1 is 1.03 bits per heavy atom. The molecule has 29 heavy (non-hydrogen) atoms. The van der Waals surface area contributed by atoms with Crippen LogP contribution in [0.3, 0.4) is 0 Å². The van der Waals surface area contributed by atoms with Crippen LogP contribution in [-0.4, -0.2) is 38.4 Å². The van der Waals surface area contributed by atoms with Gasteiger partial charge in [0.15, 0.2) is 0 Å². The smallest absolute Gasteiger partial charge is 0.237 e. The van der Waals surface area contributed by atoms with Gasteiger partial charge in [-0.05, 0) is 47.4 Å². The second-order valence-corrected chi connectivity index (χ2v) is 7.53. The standard InChI is InChI=1S/C22H21N5OS/c1-3-26(20-14-8-11-17-10-5-6-12-18(17)20)21(28)15-29-22-23-24-25-27(22)19-13-7-4-9-16(19)2/h4-14H,3,15H2,1-2H3. The van der Waals surface area contributed by atoms with Crippen molar-refractivity contribution in [3.8, 4) is 5.69 Å². The Morgan fingerprint density at radius 2 is 1.79 bits per heavy atom. The zero-order chi connectivity index (χ0) is 20.2. The van der Waals surface area contributed by atoms with Crippen LogP contribution in [0.5, 0.6) is 0 Å². The lowest BCUT2D eigenvalue weighted by atomic mass is 10.1. The van der Waals surface area contributed by atoms with Crippen molar-refractivity contribution < 1.29 is 4.79 Å². The van der Waals surface area contributed by atoms with Crippen molar-refractivity contribution in [2.45, 2.75) is 19.0 Å². The van der Waals surface area contributed by atoms with Crippen LogP contribution in [0, 0.1) is 6.92 Å². The van der Waals surface area contributed by atoms with Gasteiger partial charge in [0.05, 0.1) is 17.1 Å². The summed E-state index contributed by atoms with van der Waals surface area (Å²) in [5, 5.41) is 14.8. The van der Waals surface area contributed by atoms with Crippen molar-refractivity contribution in [2.24, 2.45) is 0 Å². The summed E-state index contributed by atoms with van der Waals surface area (Å²) in [6, 6.07) is 22.0. The fourth-order valence-electron chi connectivity index (χ4n) is 3.35. The summed E-state index contributed by atoms with van der Waals surface area (Å²) in [4.78, 5) is 14.9. The van der Waals surface area contributed by atoms with Crippen LogP contribution in [-0.2, 0) is 4.79 Å². The number of hydrogen-bond donors (Lipinski definition) is 0. The topological polar surface area (TPSA) is 63.9 Å². The van der Waals surface area contributed by atoms with E-state index in [-0.39, 0.29) is 11.7 Å². The molecular formula is C22H21N5OS. The molecule has 0 fully saturated rings. The summed E-state index contributed by atoms with van der Waals surface area (Å²) >= 11 is 1.34. The van der Waals surface area contributed by atoms with E-state index in [4.69, 9.17) is 0 Å². The minimum Gasteiger partial charge on any atom is -0.311 e. The molecule has 1 aromatic heterocycles. The molecule has 4 rings (SSSR count). The molecule has 0 saturated carbocycles. The Morgan fingerprint density at radius 3 is 2.62 bits per heavy atom. The van der Waals surface area contributed by atoms with Crippen molar-refractivity contribution in [2.75, 3.05) is 17.2 Å². The van der Waals surface area contributed by atoms with Crippen molar-refractivity contribution in [3.63, 3.8) is 0 Å². The molecule has 1 heterocycles. The van der Waals surface area contributed by atoms with E-state index in [1.165, 1.54) is 11.8 Å². The molecule has 146 valence electrons. The lowest BCUT2D eigenvalue weighted by Gasteiger charge is -2.22. The number of tetrazole rings is 1. The Bertz CT molecular complexity index is 1150. The zero-order valence-corrected chi connectivity index (χ0v) is 17.1. The summed E-state index contributed by atoms with van der Waals surface area (Å²) in [7, 11) is 0. The average molecular weight is 404 g/mol. The second kappa shape index (κ2) is 8.45. The van der Waals surface area contributed by atoms with Crippen molar-refractivity contribution in [1.29, 1.82) is 0 Å². The maximum absolute atomic E-state index is 13.1. The molecule has 0 aliphatic heterocycles. The van der Waals surface area contributed by atoms with Gasteiger partial charge in [0.1, 0.15) is 0 Å². The van der Waals surface area contributed by atoms with Gasteiger partial charge < -0.3 is 4.90 Å². The summed E-state index contributed by atoms with van der Waals surface area (Å²) < 4.78 is 1.68. The van der Waals surface area contributed by atoms with Gasteiger partial charge in [0.25, 0.3) is 0 Å². The highest BCUT2D eigenvalue weighted by Gasteiger charge is 2.19. The van der Waals surface area contributed by atoms with E-state index in [2.05, 4.69) is 27.7 Å². The predicted molar refractivity (Wildman–Crippen MR) is 117 cm³/mol. The van der Waals surface area contributed by atoms with Gasteiger partial charge in [0.2, 0.25) is 11.1 Å². The van der Waals surface area contributed by atoms with Crippen molar-refractivity contribution in [1.82, 2.24) is 20.2 Å². The first kappa shape index (κ1) is 19.1. The van der Waals surface area contributed by atoms with E-state index in [0.29, 0.717) is 11.7 Å². The number of amides is 1. The van der Waals surface area contributed by atoms with E-state index >= 15 is 0 Å². The maximum Gasteiger partial charge on any atom is 0.237 e. The summed E-state index contributed by atoms with van der Waals surface area (Å²) in [6.45, 7) is 4.59. The third kappa shape index (κ3) is 3.86. The largest absolute Gasteiger partial charge is 0.311 e. The number of carbonyl (C=O) groups is 1. The molecule has 0 N–H and O–H groups in total. The van der Waals surface area contributed by atoms with Crippen LogP contribution < -0.4 is 4.90 Å². The lowest BCUT2D eigenvalue weighted by Crippen LogP contribution is -2.32. The molecule has 7 heteroatoms. The first-order chi connectivity index (χ1) is 14.2. The van der Waals surface area contributed by atoms with Gasteiger partial charge in [-0.25, -0.2) is 0 Å². The third-order valence-electron chi connectivity index (χ3n) is 4.78. The monoisotopic (exact) mass is 403 g/mol. The minimum atomic E-state index is 0.0215. The molecule has 0 saturated heterocycles. The van der Waals surface area contributed by atoms with Crippen LogP contribution in [0.1, 0.15) is 12.5 Å². The molecule has 3 aromatic carbocycles. The van der Waals surface area contributed by atoms with Crippen LogP contribution in [0.25, 0.3) is 16.5 Å². The first-order valence-electron chi connectivity index (χ1n) is 9.44. The third-order valence-corrected chi connectivity index (χ3v) is 5.69. The fraction of sp³-hybridized carbons (Fsp3) is 0.182. The molecule has 0 unspecified atom stereocenters. The average Bonchev–Trinajstić information content (AvgIpc) is 3.21. The Hall–Kier alpha value is -3.19. The quantitative estimate of drug-likeness (QED) is 0.450. The SMILES string of the molecule is CCN(C(=O)CSc1nnnn1-c1ccccc1C)c1cccc2ccccc12. The number of carbonyl (C=O) groups excluding carboxylic acids is 1. The predicted octanol–water partition coefficient (Wildman–Crippen LogP) is 4.27. The van der Waals surface area contributed by atoms with E-state index in [9.17, 15) is 4.79 Å². The van der Waals surface area contributed by atoms with Gasteiger partial charge in [-0.1, -0.05) is 66.4 Å². The number of thioether (sulfide) groups is 1. The molecule has 0 bridgehead atoms. The van der Waals surface area contributed by atoms with Gasteiger partial charge >= 0.3 is 0 Å². The Balaban J connectivity index is 1.56. The number of hydrogen-bond acceptors (Lipinski definition) is 5. The van der Waals surface area contributed by atoms with E-state index in [1.54, 1.807) is 4.68 Å². The number of aryl methyl sites for hydroxylation is 1. The lowest BCUT2D eigenvalue weighted by molar-refractivity contribution is -0.116. The fourth-order valence-corrected chi connectivity index (χ4v) is 4.11. The molecule has 4 aromatic rings. The zero-order valence-electron chi connectivity index (χ0n) is 16.3. The van der Waals surface area contributed by atoms with Gasteiger partial charge in [0, 0.05) is 11.9 Å². The molecular weight excluding hydrogens is 382 g/mol. The number of rotatable bonds is 6. The molecule has 0 aliphatic rings. The van der Waals surface area contributed by atoms with Gasteiger partial charge in [-0.2, -0.15) is 4.68 Å². The number of aromatic nitrogens is 4. The van der Waals surface area contributed by atoms with E-state index in [0.717, 1.165) is 27.7 Å². The number of benzene rings is 3. The number of fused-ring (bicyclic) bond motifs is 1. The van der Waals surface area contributed by atoms with E-state index < -0.39 is 0 Å². The molecule has 0 aliphatic carbocycles. The maximum atomic E-state index is 13.1. The highest BCUT2D eigenvalue weighted by molar-refractivity contribution is 7.99. The summed E-state index contributed by atoms with van der Waals surface area (Å²) in [5.74, 6) is 0.275. The minimum absolute atomic E-state index is 0.0215. The normalized spacial score (nSPS) is 11.0. The second-order valence-electron chi connectivity index (χ2n) is 6.58. The van der Waals surface area contributed by atoms with Crippen LogP contribution in [0.15, 0.2) is 71.9 Å². The number of anilines is 1. The molecule has 6 nitrogen and oxygen atoms in total. The van der Waals surface area contributed by atoms with Crippen LogP contribution in [0.2, 0.25) is 0 Å². The summed E-state index contributed by atoms with van der Waals surface area (Å²) in [5.41, 5.74) is 2.91. The van der Waals surface area contributed by atoms with Gasteiger partial charge in [-0.3, -0.25) is 4.79 Å². The van der Waals surface area contributed by atoms with Crippen LogP contribution in [0.4, 0.5) is 5.69 Å². The summed E-state index contributed by atoms with van der Waals surface area (Å²) in [6.07, 6.45) is 0. The Labute approximate surface area is 173 Å². The number of para-hydroxylation sites is 1. The highest BCUT2D eigenvalue weighted by atomic mass is 32.2. The molecule has 0 spiro atoms. The molecule has 0 radical (unpaired) electrons. The van der Waals surface area contributed by atoms with E-state index in [1.807, 2.05) is 73.3 Å². The van der Waals surface area contributed by atoms with Gasteiger partial charge in [-0.15, -0.1) is 5.10 Å². The Kier molecular flexibility index (Phi) is 5.57. The first-order valence-corrected chi connectivity index (χ1v) is 10.4.